The summed E-state index contributed by atoms with van der Waals surface area (Å²) >= 11 is 0. The predicted octanol–water partition coefficient (Wildman–Crippen LogP) is 0.801. The molecule has 2 aliphatic heterocycles. The van der Waals surface area contributed by atoms with Gasteiger partial charge in [-0.05, 0) is 24.7 Å². The standard InChI is InChI=1S/C17H23N3O3/c1-19-6-8-20(9-7-19)10-11-22-15-12-23-17(21)16(15)13-2-4-14(18)5-3-13/h2-5H,6-12,18H2,1H3. The summed E-state index contributed by atoms with van der Waals surface area (Å²) in [5.74, 6) is 0.290. The Hall–Kier alpha value is -2.05. The van der Waals surface area contributed by atoms with Crippen LogP contribution in [0, 0.1) is 0 Å². The van der Waals surface area contributed by atoms with Gasteiger partial charge >= 0.3 is 5.97 Å². The zero-order valence-electron chi connectivity index (χ0n) is 13.5. The molecule has 1 fully saturated rings. The molecule has 0 unspecified atom stereocenters. The van der Waals surface area contributed by atoms with E-state index in [0.717, 1.165) is 38.3 Å². The van der Waals surface area contributed by atoms with Crippen LogP contribution in [0.3, 0.4) is 0 Å². The Balaban J connectivity index is 1.60. The molecule has 0 bridgehead atoms. The van der Waals surface area contributed by atoms with Crippen LogP contribution in [0.15, 0.2) is 30.0 Å². The second kappa shape index (κ2) is 7.02. The number of ether oxygens (including phenoxy) is 2. The zero-order valence-corrected chi connectivity index (χ0v) is 13.5. The topological polar surface area (TPSA) is 68.0 Å². The fourth-order valence-corrected chi connectivity index (χ4v) is 2.80. The number of rotatable bonds is 5. The van der Waals surface area contributed by atoms with Gasteiger partial charge < -0.3 is 20.1 Å². The van der Waals surface area contributed by atoms with Crippen molar-refractivity contribution in [3.05, 3.63) is 35.6 Å². The molecule has 2 aliphatic rings. The van der Waals surface area contributed by atoms with Crippen LogP contribution in [0.4, 0.5) is 5.69 Å². The average molecular weight is 317 g/mol. The Morgan fingerprint density at radius 1 is 1.17 bits per heavy atom. The third-order valence-electron chi connectivity index (χ3n) is 4.30. The number of carbonyl (C=O) groups excluding carboxylic acids is 1. The molecule has 1 aromatic carbocycles. The number of esters is 1. The summed E-state index contributed by atoms with van der Waals surface area (Å²) in [5.41, 5.74) is 7.67. The van der Waals surface area contributed by atoms with Crippen molar-refractivity contribution in [3.8, 4) is 0 Å². The molecule has 0 aliphatic carbocycles. The van der Waals surface area contributed by atoms with E-state index in [0.29, 0.717) is 23.6 Å². The summed E-state index contributed by atoms with van der Waals surface area (Å²) in [7, 11) is 2.14. The highest BCUT2D eigenvalue weighted by molar-refractivity contribution is 6.18. The van der Waals surface area contributed by atoms with Gasteiger partial charge in [-0.2, -0.15) is 0 Å². The molecule has 2 heterocycles. The summed E-state index contributed by atoms with van der Waals surface area (Å²) < 4.78 is 11.0. The highest BCUT2D eigenvalue weighted by Crippen LogP contribution is 2.27. The molecule has 3 rings (SSSR count). The molecule has 1 saturated heterocycles. The quantitative estimate of drug-likeness (QED) is 0.640. The van der Waals surface area contributed by atoms with E-state index >= 15 is 0 Å². The van der Waals surface area contributed by atoms with Crippen molar-refractivity contribution in [2.45, 2.75) is 0 Å². The van der Waals surface area contributed by atoms with E-state index in [2.05, 4.69) is 16.8 Å². The second-order valence-electron chi connectivity index (χ2n) is 5.99. The Labute approximate surface area is 136 Å². The van der Waals surface area contributed by atoms with Gasteiger partial charge in [0.15, 0.2) is 0 Å². The molecule has 0 saturated carbocycles. The van der Waals surface area contributed by atoms with Gasteiger partial charge in [-0.3, -0.25) is 4.90 Å². The van der Waals surface area contributed by atoms with Gasteiger partial charge in [-0.15, -0.1) is 0 Å². The van der Waals surface area contributed by atoms with Crippen molar-refractivity contribution in [1.29, 1.82) is 0 Å². The first kappa shape index (κ1) is 15.8. The number of hydrogen-bond donors (Lipinski definition) is 1. The minimum Gasteiger partial charge on any atom is -0.492 e. The largest absolute Gasteiger partial charge is 0.492 e. The summed E-state index contributed by atoms with van der Waals surface area (Å²) in [6.45, 7) is 5.91. The van der Waals surface area contributed by atoms with Crippen molar-refractivity contribution < 1.29 is 14.3 Å². The molecule has 2 N–H and O–H groups in total. The Morgan fingerprint density at radius 3 is 2.57 bits per heavy atom. The van der Waals surface area contributed by atoms with E-state index in [4.69, 9.17) is 15.2 Å². The van der Waals surface area contributed by atoms with Crippen molar-refractivity contribution in [2.24, 2.45) is 0 Å². The molecule has 0 atom stereocenters. The Morgan fingerprint density at radius 2 is 1.87 bits per heavy atom. The number of nitrogens with zero attached hydrogens (tertiary/aromatic N) is 2. The lowest BCUT2D eigenvalue weighted by Crippen LogP contribution is -2.45. The minimum absolute atomic E-state index is 0.210. The summed E-state index contributed by atoms with van der Waals surface area (Å²) in [6, 6.07) is 7.19. The van der Waals surface area contributed by atoms with Crippen LogP contribution in [-0.4, -0.2) is 68.8 Å². The van der Waals surface area contributed by atoms with Crippen molar-refractivity contribution in [2.75, 3.05) is 58.7 Å². The number of piperazine rings is 1. The third kappa shape index (κ3) is 3.83. The summed E-state index contributed by atoms with van der Waals surface area (Å²) in [6.07, 6.45) is 0. The highest BCUT2D eigenvalue weighted by atomic mass is 16.6. The van der Waals surface area contributed by atoms with E-state index in [1.54, 1.807) is 12.1 Å². The molecule has 0 radical (unpaired) electrons. The van der Waals surface area contributed by atoms with Gasteiger partial charge in [0.2, 0.25) is 0 Å². The first-order valence-corrected chi connectivity index (χ1v) is 7.93. The van der Waals surface area contributed by atoms with E-state index in [-0.39, 0.29) is 12.6 Å². The van der Waals surface area contributed by atoms with Gasteiger partial charge in [0, 0.05) is 38.4 Å². The smallest absolute Gasteiger partial charge is 0.342 e. The van der Waals surface area contributed by atoms with Gasteiger partial charge in [0.1, 0.15) is 24.5 Å². The molecule has 6 nitrogen and oxygen atoms in total. The molecule has 1 aromatic rings. The Kier molecular flexibility index (Phi) is 4.83. The second-order valence-corrected chi connectivity index (χ2v) is 5.99. The van der Waals surface area contributed by atoms with E-state index in [9.17, 15) is 4.79 Å². The van der Waals surface area contributed by atoms with Crippen LogP contribution < -0.4 is 5.73 Å². The number of carbonyl (C=O) groups is 1. The predicted molar refractivity (Wildman–Crippen MR) is 88.6 cm³/mol. The molecule has 0 spiro atoms. The lowest BCUT2D eigenvalue weighted by atomic mass is 10.1. The summed E-state index contributed by atoms with van der Waals surface area (Å²) in [4.78, 5) is 16.7. The SMILES string of the molecule is CN1CCN(CCOC2=C(c3ccc(N)cc3)C(=O)OC2)CC1. The van der Waals surface area contributed by atoms with Crippen LogP contribution in [0.2, 0.25) is 0 Å². The van der Waals surface area contributed by atoms with Crippen LogP contribution >= 0.6 is 0 Å². The number of nitrogen functional groups attached to an aromatic ring is 1. The van der Waals surface area contributed by atoms with Crippen LogP contribution in [0.1, 0.15) is 5.56 Å². The fourth-order valence-electron chi connectivity index (χ4n) is 2.80. The van der Waals surface area contributed by atoms with Crippen molar-refractivity contribution >= 4 is 17.2 Å². The van der Waals surface area contributed by atoms with E-state index in [1.807, 2.05) is 12.1 Å². The number of cyclic esters (lactones) is 1. The Bertz CT molecular complexity index is 590. The maximum absolute atomic E-state index is 12.0. The monoisotopic (exact) mass is 317 g/mol. The number of nitrogens with two attached hydrogens (primary N) is 1. The molecule has 23 heavy (non-hydrogen) atoms. The fraction of sp³-hybridized carbons (Fsp3) is 0.471. The molecular weight excluding hydrogens is 294 g/mol. The third-order valence-corrected chi connectivity index (χ3v) is 4.30. The number of benzene rings is 1. The normalized spacial score (nSPS) is 20.0. The van der Waals surface area contributed by atoms with Gasteiger partial charge in [-0.25, -0.2) is 4.79 Å². The first-order valence-electron chi connectivity index (χ1n) is 7.93. The first-order chi connectivity index (χ1) is 11.1. The number of likely N-dealkylation sites (N-methyl/N-ethyl adjacent to an activating group) is 1. The van der Waals surface area contributed by atoms with Crippen LogP contribution in [0.5, 0.6) is 0 Å². The molecule has 124 valence electrons. The molecule has 6 heteroatoms. The van der Waals surface area contributed by atoms with E-state index < -0.39 is 0 Å². The molecular formula is C17H23N3O3. The van der Waals surface area contributed by atoms with Crippen molar-refractivity contribution in [3.63, 3.8) is 0 Å². The maximum atomic E-state index is 12.0. The average Bonchev–Trinajstić information content (AvgIpc) is 2.91. The van der Waals surface area contributed by atoms with Gasteiger partial charge in [0.25, 0.3) is 0 Å². The van der Waals surface area contributed by atoms with Gasteiger partial charge in [-0.1, -0.05) is 12.1 Å². The highest BCUT2D eigenvalue weighted by Gasteiger charge is 2.28. The van der Waals surface area contributed by atoms with Crippen molar-refractivity contribution in [1.82, 2.24) is 9.80 Å². The maximum Gasteiger partial charge on any atom is 0.342 e. The molecule has 0 aromatic heterocycles. The van der Waals surface area contributed by atoms with E-state index in [1.165, 1.54) is 0 Å². The lowest BCUT2D eigenvalue weighted by Gasteiger charge is -2.32. The summed E-state index contributed by atoms with van der Waals surface area (Å²) in [5, 5.41) is 0. The molecule has 0 amide bonds. The van der Waals surface area contributed by atoms with Crippen LogP contribution in [-0.2, 0) is 14.3 Å². The van der Waals surface area contributed by atoms with Gasteiger partial charge in [0.05, 0.1) is 0 Å². The lowest BCUT2D eigenvalue weighted by molar-refractivity contribution is -0.134. The number of anilines is 1. The minimum atomic E-state index is -0.329. The zero-order chi connectivity index (χ0) is 16.2. The van der Waals surface area contributed by atoms with Crippen LogP contribution in [0.25, 0.3) is 5.57 Å². The number of hydrogen-bond acceptors (Lipinski definition) is 6.